The first kappa shape index (κ1) is 13.0. The first-order valence-electron chi connectivity index (χ1n) is 6.37. The Bertz CT molecular complexity index is 410. The third-order valence-corrected chi connectivity index (χ3v) is 2.91. The molecule has 0 amide bonds. The number of aromatic nitrogens is 2. The quantitative estimate of drug-likeness (QED) is 0.784. The van der Waals surface area contributed by atoms with E-state index in [4.69, 9.17) is 14.5 Å². The lowest BCUT2D eigenvalue weighted by atomic mass is 10.2. The molecule has 0 aromatic carbocycles. The minimum atomic E-state index is -0.107. The molecule has 1 fully saturated rings. The predicted molar refractivity (Wildman–Crippen MR) is 63.7 cm³/mol. The summed E-state index contributed by atoms with van der Waals surface area (Å²) in [7, 11) is 0. The first-order valence-corrected chi connectivity index (χ1v) is 6.37. The molecular formula is C12H18N4O2. The second-order valence-electron chi connectivity index (χ2n) is 4.36. The topological polar surface area (TPSA) is 75.2 Å². The van der Waals surface area contributed by atoms with Gasteiger partial charge in [0.2, 0.25) is 11.7 Å². The molecule has 1 saturated heterocycles. The summed E-state index contributed by atoms with van der Waals surface area (Å²) in [5.41, 5.74) is 0. The van der Waals surface area contributed by atoms with Crippen LogP contribution in [0.4, 0.5) is 0 Å². The van der Waals surface area contributed by atoms with Crippen molar-refractivity contribution in [2.75, 3.05) is 26.2 Å². The second kappa shape index (κ2) is 6.47. The van der Waals surface area contributed by atoms with E-state index in [2.05, 4.69) is 28.0 Å². The molecule has 1 aliphatic heterocycles. The highest BCUT2D eigenvalue weighted by atomic mass is 16.5. The van der Waals surface area contributed by atoms with E-state index in [1.54, 1.807) is 0 Å². The number of aryl methyl sites for hydroxylation is 1. The van der Waals surface area contributed by atoms with Gasteiger partial charge in [0.25, 0.3) is 0 Å². The Kier molecular flexibility index (Phi) is 4.67. The molecule has 18 heavy (non-hydrogen) atoms. The van der Waals surface area contributed by atoms with E-state index < -0.39 is 0 Å². The number of hydrogen-bond acceptors (Lipinski definition) is 6. The summed E-state index contributed by atoms with van der Waals surface area (Å²) in [6, 6.07) is 2.06. The van der Waals surface area contributed by atoms with Gasteiger partial charge in [-0.25, -0.2) is 0 Å². The van der Waals surface area contributed by atoms with Gasteiger partial charge in [-0.2, -0.15) is 10.2 Å². The maximum Gasteiger partial charge on any atom is 0.227 e. The van der Waals surface area contributed by atoms with Gasteiger partial charge < -0.3 is 9.26 Å². The molecule has 6 heteroatoms. The first-order chi connectivity index (χ1) is 8.83. The molecule has 6 nitrogen and oxygen atoms in total. The Morgan fingerprint density at radius 2 is 2.44 bits per heavy atom. The lowest BCUT2D eigenvalue weighted by molar-refractivity contribution is -0.0350. The fraction of sp³-hybridized carbons (Fsp3) is 0.750. The van der Waals surface area contributed by atoms with Crippen molar-refractivity contribution in [2.24, 2.45) is 0 Å². The Morgan fingerprint density at radius 3 is 3.22 bits per heavy atom. The van der Waals surface area contributed by atoms with Crippen LogP contribution in [0.2, 0.25) is 0 Å². The zero-order valence-corrected chi connectivity index (χ0v) is 10.6. The largest absolute Gasteiger partial charge is 0.367 e. The zero-order chi connectivity index (χ0) is 12.8. The van der Waals surface area contributed by atoms with Gasteiger partial charge in [-0.15, -0.1) is 0 Å². The maximum absolute atomic E-state index is 8.51. The molecule has 2 heterocycles. The lowest BCUT2D eigenvalue weighted by Crippen LogP contribution is -2.39. The standard InChI is InChI=1S/C12H18N4O2/c1-2-6-16-7-8-17-10(9-16)12-14-11(18-15-12)4-3-5-13/h10H,2-4,6-9H2,1H3. The van der Waals surface area contributed by atoms with Gasteiger partial charge in [0, 0.05) is 25.9 Å². The van der Waals surface area contributed by atoms with Crippen molar-refractivity contribution in [2.45, 2.75) is 32.3 Å². The summed E-state index contributed by atoms with van der Waals surface area (Å²) in [4.78, 5) is 6.63. The number of ether oxygens (including phenoxy) is 1. The van der Waals surface area contributed by atoms with Crippen molar-refractivity contribution in [3.05, 3.63) is 11.7 Å². The van der Waals surface area contributed by atoms with E-state index in [0.29, 0.717) is 31.2 Å². The maximum atomic E-state index is 8.51. The van der Waals surface area contributed by atoms with Gasteiger partial charge >= 0.3 is 0 Å². The molecule has 1 aliphatic rings. The number of morpholine rings is 1. The molecule has 0 bridgehead atoms. The van der Waals surface area contributed by atoms with Crippen molar-refractivity contribution in [3.63, 3.8) is 0 Å². The number of hydrogen-bond donors (Lipinski definition) is 0. The van der Waals surface area contributed by atoms with Crippen LogP contribution < -0.4 is 0 Å². The van der Waals surface area contributed by atoms with Crippen molar-refractivity contribution in [1.82, 2.24) is 15.0 Å². The van der Waals surface area contributed by atoms with Crippen LogP contribution in [-0.2, 0) is 11.2 Å². The fourth-order valence-corrected chi connectivity index (χ4v) is 2.04. The third-order valence-electron chi connectivity index (χ3n) is 2.91. The van der Waals surface area contributed by atoms with E-state index in [1.165, 1.54) is 0 Å². The normalized spacial score (nSPS) is 20.8. The van der Waals surface area contributed by atoms with Crippen LogP contribution in [0.5, 0.6) is 0 Å². The molecule has 1 aromatic rings. The van der Waals surface area contributed by atoms with Crippen LogP contribution in [0, 0.1) is 11.3 Å². The molecule has 1 atom stereocenters. The molecule has 1 aromatic heterocycles. The summed E-state index contributed by atoms with van der Waals surface area (Å²) in [6.45, 7) is 5.71. The minimum Gasteiger partial charge on any atom is -0.367 e. The van der Waals surface area contributed by atoms with Crippen molar-refractivity contribution >= 4 is 0 Å². The summed E-state index contributed by atoms with van der Waals surface area (Å²) in [6.07, 6.45) is 1.93. The predicted octanol–water partition coefficient (Wildman–Crippen LogP) is 1.31. The Balaban J connectivity index is 1.94. The number of rotatable bonds is 5. The summed E-state index contributed by atoms with van der Waals surface area (Å²) in [5, 5.41) is 12.4. The van der Waals surface area contributed by atoms with E-state index in [0.717, 1.165) is 26.1 Å². The van der Waals surface area contributed by atoms with Crippen LogP contribution in [-0.4, -0.2) is 41.3 Å². The Hall–Kier alpha value is -1.45. The molecule has 0 saturated carbocycles. The SMILES string of the molecule is CCCN1CCOC(c2noc(CCC#N)n2)C1. The van der Waals surface area contributed by atoms with Crippen LogP contribution in [0.25, 0.3) is 0 Å². The monoisotopic (exact) mass is 250 g/mol. The fourth-order valence-electron chi connectivity index (χ4n) is 2.04. The number of nitriles is 1. The lowest BCUT2D eigenvalue weighted by Gasteiger charge is -2.30. The van der Waals surface area contributed by atoms with Gasteiger partial charge in [-0.1, -0.05) is 12.1 Å². The molecule has 2 rings (SSSR count). The van der Waals surface area contributed by atoms with Crippen LogP contribution >= 0.6 is 0 Å². The summed E-state index contributed by atoms with van der Waals surface area (Å²) < 4.78 is 10.8. The average molecular weight is 250 g/mol. The summed E-state index contributed by atoms with van der Waals surface area (Å²) in [5.74, 6) is 1.12. The minimum absolute atomic E-state index is 0.107. The smallest absolute Gasteiger partial charge is 0.227 e. The molecule has 0 N–H and O–H groups in total. The average Bonchev–Trinajstić information content (AvgIpc) is 2.86. The Morgan fingerprint density at radius 1 is 1.56 bits per heavy atom. The molecule has 98 valence electrons. The molecule has 0 aliphatic carbocycles. The molecule has 0 spiro atoms. The number of nitrogens with zero attached hydrogens (tertiary/aromatic N) is 4. The van der Waals surface area contributed by atoms with E-state index >= 15 is 0 Å². The van der Waals surface area contributed by atoms with E-state index in [1.807, 2.05) is 0 Å². The van der Waals surface area contributed by atoms with Gasteiger partial charge in [-0.3, -0.25) is 4.90 Å². The Labute approximate surface area is 107 Å². The van der Waals surface area contributed by atoms with Crippen molar-refractivity contribution in [3.8, 4) is 6.07 Å². The van der Waals surface area contributed by atoms with Crippen LogP contribution in [0.15, 0.2) is 4.52 Å². The highest BCUT2D eigenvalue weighted by molar-refractivity contribution is 4.95. The third kappa shape index (κ3) is 3.28. The molecule has 0 radical (unpaired) electrons. The summed E-state index contributed by atoms with van der Waals surface area (Å²) >= 11 is 0. The zero-order valence-electron chi connectivity index (χ0n) is 10.6. The molecule has 1 unspecified atom stereocenters. The highest BCUT2D eigenvalue weighted by Crippen LogP contribution is 2.20. The van der Waals surface area contributed by atoms with Crippen LogP contribution in [0.1, 0.15) is 37.6 Å². The second-order valence-corrected chi connectivity index (χ2v) is 4.36. The van der Waals surface area contributed by atoms with E-state index in [-0.39, 0.29) is 6.10 Å². The van der Waals surface area contributed by atoms with Gasteiger partial charge in [0.05, 0.1) is 12.7 Å². The van der Waals surface area contributed by atoms with Crippen molar-refractivity contribution < 1.29 is 9.26 Å². The van der Waals surface area contributed by atoms with E-state index in [9.17, 15) is 0 Å². The molecular weight excluding hydrogens is 232 g/mol. The van der Waals surface area contributed by atoms with Crippen LogP contribution in [0.3, 0.4) is 0 Å². The van der Waals surface area contributed by atoms with Crippen molar-refractivity contribution in [1.29, 1.82) is 5.26 Å². The highest BCUT2D eigenvalue weighted by Gasteiger charge is 2.25. The van der Waals surface area contributed by atoms with Gasteiger partial charge in [0.1, 0.15) is 6.10 Å². The van der Waals surface area contributed by atoms with Gasteiger partial charge in [0.15, 0.2) is 0 Å². The van der Waals surface area contributed by atoms with Gasteiger partial charge in [-0.05, 0) is 13.0 Å².